The highest BCUT2D eigenvalue weighted by Crippen LogP contribution is 2.31. The summed E-state index contributed by atoms with van der Waals surface area (Å²) in [7, 11) is 2.00. The van der Waals surface area contributed by atoms with Gasteiger partial charge >= 0.3 is 0 Å². The van der Waals surface area contributed by atoms with Gasteiger partial charge in [-0.2, -0.15) is 0 Å². The van der Waals surface area contributed by atoms with Crippen LogP contribution in [0.4, 0.5) is 4.39 Å². The van der Waals surface area contributed by atoms with Crippen molar-refractivity contribution in [2.75, 3.05) is 6.54 Å². The molecule has 16 heavy (non-hydrogen) atoms. The smallest absolute Gasteiger partial charge is 0.123 e. The lowest BCUT2D eigenvalue weighted by Crippen LogP contribution is -2.10. The highest BCUT2D eigenvalue weighted by Gasteiger charge is 2.16. The van der Waals surface area contributed by atoms with Crippen LogP contribution in [0.5, 0.6) is 0 Å². The number of halogens is 1. The number of rotatable bonds is 2. The van der Waals surface area contributed by atoms with Crippen LogP contribution in [-0.2, 0) is 7.05 Å². The first-order valence-corrected chi connectivity index (χ1v) is 5.50. The molecule has 0 spiro atoms. The maximum absolute atomic E-state index is 13.3. The van der Waals surface area contributed by atoms with Gasteiger partial charge in [0.15, 0.2) is 0 Å². The molecule has 0 aliphatic carbocycles. The minimum atomic E-state index is -0.191. The van der Waals surface area contributed by atoms with Crippen LogP contribution in [0.25, 0.3) is 10.9 Å². The first-order chi connectivity index (χ1) is 7.56. The van der Waals surface area contributed by atoms with Crippen molar-refractivity contribution < 1.29 is 4.39 Å². The molecule has 1 aromatic carbocycles. The Labute approximate surface area is 94.9 Å². The Balaban J connectivity index is 2.80. The summed E-state index contributed by atoms with van der Waals surface area (Å²) in [5.74, 6) is 0.0640. The van der Waals surface area contributed by atoms with E-state index in [1.54, 1.807) is 6.07 Å². The maximum atomic E-state index is 13.3. The highest BCUT2D eigenvalue weighted by atomic mass is 19.1. The Morgan fingerprint density at radius 1 is 1.44 bits per heavy atom. The molecule has 1 heterocycles. The molecular formula is C13H17FN2. The Bertz CT molecular complexity index is 528. The van der Waals surface area contributed by atoms with Gasteiger partial charge in [-0.15, -0.1) is 0 Å². The molecule has 0 fully saturated rings. The Morgan fingerprint density at radius 2 is 2.12 bits per heavy atom. The lowest BCUT2D eigenvalue weighted by atomic mass is 9.98. The van der Waals surface area contributed by atoms with Crippen LogP contribution in [-0.4, -0.2) is 11.1 Å². The van der Waals surface area contributed by atoms with Gasteiger partial charge in [0.05, 0.1) is 0 Å². The van der Waals surface area contributed by atoms with E-state index >= 15 is 0 Å². The fourth-order valence-corrected chi connectivity index (χ4v) is 2.31. The number of fused-ring (bicyclic) bond motifs is 1. The predicted molar refractivity (Wildman–Crippen MR) is 65.1 cm³/mol. The third kappa shape index (κ3) is 1.52. The maximum Gasteiger partial charge on any atom is 0.123 e. The molecule has 0 aliphatic rings. The Hall–Kier alpha value is -1.35. The zero-order valence-electron chi connectivity index (χ0n) is 9.92. The number of benzene rings is 1. The summed E-state index contributed by atoms with van der Waals surface area (Å²) in [6.07, 6.45) is 0. The van der Waals surface area contributed by atoms with Crippen LogP contribution >= 0.6 is 0 Å². The molecule has 1 atom stereocenters. The molecular weight excluding hydrogens is 203 g/mol. The van der Waals surface area contributed by atoms with Crippen LogP contribution < -0.4 is 5.73 Å². The molecule has 3 heteroatoms. The van der Waals surface area contributed by atoms with Gasteiger partial charge in [0.25, 0.3) is 0 Å². The number of nitrogens with two attached hydrogens (primary N) is 1. The number of hydrogen-bond acceptors (Lipinski definition) is 1. The van der Waals surface area contributed by atoms with Crippen LogP contribution in [0.3, 0.4) is 0 Å². The van der Waals surface area contributed by atoms with Gasteiger partial charge in [-0.05, 0) is 43.1 Å². The second-order valence-electron chi connectivity index (χ2n) is 4.36. The molecule has 0 amide bonds. The average Bonchev–Trinajstić information content (AvgIpc) is 2.51. The van der Waals surface area contributed by atoms with Crippen LogP contribution in [0.1, 0.15) is 24.1 Å². The van der Waals surface area contributed by atoms with Gasteiger partial charge in [0.1, 0.15) is 5.82 Å². The number of hydrogen-bond donors (Lipinski definition) is 1. The van der Waals surface area contributed by atoms with Crippen LogP contribution in [0.2, 0.25) is 0 Å². The van der Waals surface area contributed by atoms with E-state index < -0.39 is 0 Å². The largest absolute Gasteiger partial charge is 0.348 e. The minimum Gasteiger partial charge on any atom is -0.348 e. The van der Waals surface area contributed by atoms with Crippen LogP contribution in [0, 0.1) is 12.7 Å². The molecule has 1 unspecified atom stereocenters. The number of aryl methyl sites for hydroxylation is 1. The molecule has 0 bridgehead atoms. The Kier molecular flexibility index (Phi) is 2.72. The zero-order valence-corrected chi connectivity index (χ0v) is 9.92. The van der Waals surface area contributed by atoms with Crippen molar-refractivity contribution in [2.24, 2.45) is 12.8 Å². The van der Waals surface area contributed by atoms with E-state index in [2.05, 4.69) is 18.4 Å². The van der Waals surface area contributed by atoms with Crippen molar-refractivity contribution in [1.29, 1.82) is 0 Å². The first-order valence-electron chi connectivity index (χ1n) is 5.50. The molecule has 2 aromatic rings. The monoisotopic (exact) mass is 220 g/mol. The van der Waals surface area contributed by atoms with E-state index in [0.29, 0.717) is 6.54 Å². The van der Waals surface area contributed by atoms with Crippen molar-refractivity contribution in [3.63, 3.8) is 0 Å². The van der Waals surface area contributed by atoms with E-state index in [0.717, 1.165) is 10.9 Å². The van der Waals surface area contributed by atoms with Gasteiger partial charge in [-0.25, -0.2) is 4.39 Å². The lowest BCUT2D eigenvalue weighted by Gasteiger charge is -2.09. The number of nitrogens with zero attached hydrogens (tertiary/aromatic N) is 1. The topological polar surface area (TPSA) is 30.9 Å². The van der Waals surface area contributed by atoms with E-state index in [9.17, 15) is 4.39 Å². The van der Waals surface area contributed by atoms with E-state index in [-0.39, 0.29) is 11.7 Å². The molecule has 0 saturated carbocycles. The minimum absolute atomic E-state index is 0.191. The van der Waals surface area contributed by atoms with Crippen molar-refractivity contribution in [3.05, 3.63) is 35.3 Å². The normalized spacial score (nSPS) is 13.3. The van der Waals surface area contributed by atoms with Gasteiger partial charge in [0.2, 0.25) is 0 Å². The first kappa shape index (κ1) is 11.1. The molecule has 2 nitrogen and oxygen atoms in total. The predicted octanol–water partition coefficient (Wildman–Crippen LogP) is 2.69. The Morgan fingerprint density at radius 3 is 2.75 bits per heavy atom. The summed E-state index contributed by atoms with van der Waals surface area (Å²) >= 11 is 0. The quantitative estimate of drug-likeness (QED) is 0.828. The molecule has 0 radical (unpaired) electrons. The zero-order chi connectivity index (χ0) is 11.9. The number of aromatic nitrogens is 1. The van der Waals surface area contributed by atoms with Crippen molar-refractivity contribution >= 4 is 10.9 Å². The lowest BCUT2D eigenvalue weighted by molar-refractivity contribution is 0.629. The average molecular weight is 220 g/mol. The third-order valence-electron chi connectivity index (χ3n) is 3.35. The summed E-state index contributed by atoms with van der Waals surface area (Å²) < 4.78 is 15.4. The SMILES string of the molecule is Cc1c(C(C)CN)c2cc(F)ccc2n1C. The summed E-state index contributed by atoms with van der Waals surface area (Å²) in [4.78, 5) is 0. The van der Waals surface area contributed by atoms with E-state index in [4.69, 9.17) is 5.73 Å². The summed E-state index contributed by atoms with van der Waals surface area (Å²) in [6.45, 7) is 4.71. The second-order valence-corrected chi connectivity index (χ2v) is 4.36. The molecule has 1 aromatic heterocycles. The van der Waals surface area contributed by atoms with Crippen molar-refractivity contribution in [2.45, 2.75) is 19.8 Å². The summed E-state index contributed by atoms with van der Waals surface area (Å²) in [5.41, 5.74) is 9.10. The highest BCUT2D eigenvalue weighted by molar-refractivity contribution is 5.86. The second kappa shape index (κ2) is 3.91. The van der Waals surface area contributed by atoms with E-state index in [1.165, 1.54) is 17.3 Å². The standard InChI is InChI=1S/C13H17FN2/c1-8(7-15)13-9(2)16(3)12-5-4-10(14)6-11(12)13/h4-6,8H,7,15H2,1-3H3. The summed E-state index contributed by atoms with van der Waals surface area (Å²) in [6, 6.07) is 4.92. The van der Waals surface area contributed by atoms with Crippen LogP contribution in [0.15, 0.2) is 18.2 Å². The van der Waals surface area contributed by atoms with Gasteiger partial charge < -0.3 is 10.3 Å². The van der Waals surface area contributed by atoms with Gasteiger partial charge in [0, 0.05) is 23.6 Å². The van der Waals surface area contributed by atoms with Crippen molar-refractivity contribution in [1.82, 2.24) is 4.57 Å². The fraction of sp³-hybridized carbons (Fsp3) is 0.385. The van der Waals surface area contributed by atoms with E-state index in [1.807, 2.05) is 13.1 Å². The molecule has 0 saturated heterocycles. The van der Waals surface area contributed by atoms with Gasteiger partial charge in [-0.3, -0.25) is 0 Å². The third-order valence-corrected chi connectivity index (χ3v) is 3.35. The molecule has 2 rings (SSSR count). The summed E-state index contributed by atoms with van der Waals surface area (Å²) in [5, 5.41) is 0.984. The molecule has 2 N–H and O–H groups in total. The fourth-order valence-electron chi connectivity index (χ4n) is 2.31. The van der Waals surface area contributed by atoms with Gasteiger partial charge in [-0.1, -0.05) is 6.92 Å². The molecule has 0 aliphatic heterocycles. The van der Waals surface area contributed by atoms with Crippen molar-refractivity contribution in [3.8, 4) is 0 Å². The molecule has 86 valence electrons.